The van der Waals surface area contributed by atoms with Crippen molar-refractivity contribution in [3.63, 3.8) is 0 Å². The van der Waals surface area contributed by atoms with Crippen LogP contribution in [-0.4, -0.2) is 45.7 Å². The first-order valence-corrected chi connectivity index (χ1v) is 26.4. The van der Waals surface area contributed by atoms with Crippen LogP contribution in [0.15, 0.2) is 218 Å². The zero-order valence-corrected chi connectivity index (χ0v) is 45.5. The van der Waals surface area contributed by atoms with Crippen LogP contribution in [0.3, 0.4) is 0 Å². The van der Waals surface area contributed by atoms with Gasteiger partial charge in [-0.25, -0.2) is 4.79 Å². The summed E-state index contributed by atoms with van der Waals surface area (Å²) in [6.45, 7) is 10.2. The normalized spacial score (nSPS) is 11.4. The highest BCUT2D eigenvalue weighted by atomic mass is 16.7. The summed E-state index contributed by atoms with van der Waals surface area (Å²) < 4.78 is 26.6. The third kappa shape index (κ3) is 14.5. The van der Waals surface area contributed by atoms with E-state index in [-0.39, 0.29) is 32.4 Å². The lowest BCUT2D eigenvalue weighted by Gasteiger charge is -2.26. The summed E-state index contributed by atoms with van der Waals surface area (Å²) in [5.41, 5.74) is 19.2. The number of esters is 1. The molecule has 9 aromatic rings. The van der Waals surface area contributed by atoms with Crippen molar-refractivity contribution in [2.45, 2.75) is 34.6 Å². The van der Waals surface area contributed by atoms with Crippen molar-refractivity contribution in [3.8, 4) is 11.5 Å². The summed E-state index contributed by atoms with van der Waals surface area (Å²) in [6.07, 6.45) is 3.57. The molecule has 0 radical (unpaired) electrons. The Hall–Kier alpha value is -9.44. The average Bonchev–Trinajstić information content (AvgIpc) is 3.48. The molecule has 9 aromatic carbocycles. The Kier molecular flexibility index (Phi) is 17.9. The molecular weight excluding hydrogens is 981 g/mol. The maximum atomic E-state index is 12.7. The topological polar surface area (TPSA) is 86.8 Å². The molecule has 9 rings (SSSR count). The number of hydrogen-bond donors (Lipinski definition) is 0. The highest BCUT2D eigenvalue weighted by Gasteiger charge is 2.17. The second-order valence-corrected chi connectivity index (χ2v) is 19.3. The second kappa shape index (κ2) is 26.1. The van der Waals surface area contributed by atoms with Gasteiger partial charge in [0.05, 0.1) is 20.3 Å². The summed E-state index contributed by atoms with van der Waals surface area (Å²) >= 11 is 0. The van der Waals surface area contributed by atoms with Crippen LogP contribution in [0.25, 0.3) is 23.3 Å². The van der Waals surface area contributed by atoms with Crippen LogP contribution in [0.4, 0.5) is 38.9 Å². The number of anilines is 6. The Balaban J connectivity index is 1.04. The lowest BCUT2D eigenvalue weighted by atomic mass is 9.91. The van der Waals surface area contributed by atoms with Gasteiger partial charge < -0.3 is 33.5 Å². The number of methoxy groups -OCH3 is 1. The van der Waals surface area contributed by atoms with Crippen molar-refractivity contribution in [1.29, 1.82) is 0 Å². The van der Waals surface area contributed by atoms with E-state index < -0.39 is 6.16 Å². The summed E-state index contributed by atoms with van der Waals surface area (Å²) in [5.74, 6) is 0.727. The van der Waals surface area contributed by atoms with Crippen LogP contribution >= 0.6 is 0 Å². The molecule has 0 atom stereocenters. The van der Waals surface area contributed by atoms with E-state index in [1.807, 2.05) is 24.3 Å². The Bertz CT molecular complexity index is 3410. The van der Waals surface area contributed by atoms with Crippen molar-refractivity contribution in [2.24, 2.45) is 0 Å². The van der Waals surface area contributed by atoms with Crippen molar-refractivity contribution < 1.29 is 33.3 Å². The number of carbonyl (C=O) groups is 2. The van der Waals surface area contributed by atoms with Gasteiger partial charge in [0, 0.05) is 41.0 Å². The van der Waals surface area contributed by atoms with E-state index in [1.165, 1.54) is 29.2 Å². The fourth-order valence-corrected chi connectivity index (χ4v) is 9.07. The minimum absolute atomic E-state index is 0.0179. The van der Waals surface area contributed by atoms with Crippen molar-refractivity contribution in [1.82, 2.24) is 0 Å². The highest BCUT2D eigenvalue weighted by Crippen LogP contribution is 2.38. The molecule has 79 heavy (non-hydrogen) atoms. The Morgan fingerprint density at radius 3 is 0.975 bits per heavy atom. The van der Waals surface area contributed by atoms with E-state index in [9.17, 15) is 9.59 Å². The number of benzene rings is 9. The largest absolute Gasteiger partial charge is 0.513 e. The molecule has 0 spiro atoms. The predicted octanol–water partition coefficient (Wildman–Crippen LogP) is 17.1. The number of hydrogen-bond acceptors (Lipinski definition) is 9. The quantitative estimate of drug-likeness (QED) is 0.0321. The first-order valence-electron chi connectivity index (χ1n) is 26.4. The van der Waals surface area contributed by atoms with Gasteiger partial charge in [0.1, 0.15) is 24.7 Å². The minimum atomic E-state index is -0.851. The fourth-order valence-electron chi connectivity index (χ4n) is 9.07. The molecule has 0 aliphatic carbocycles. The number of ether oxygens (including phenoxy) is 5. The number of nitrogens with zero attached hydrogens (tertiary/aromatic N) is 2. The standard InChI is InChI=1S/C70H64N2O7/c1-49-7-27-60(28-8-49)71(61-29-9-50(2)10-30-61)64-35-15-54(16-36-64)47-68(58-23-39-66(75-6)40-24-58)56-19-21-57(22-20-56)69(59-25-41-67(42-26-59)79-70(74)78-46-44-76-43-45-77-53(5)73)48-55-17-37-65(38-18-55)72(62-31-11-51(3)12-32-62)63-33-13-52(4)14-34-63/h7-42,47-48H,43-46H2,1-6H3/b68-47-,69-48-. The van der Waals surface area contributed by atoms with Gasteiger partial charge in [-0.3, -0.25) is 4.79 Å². The minimum Gasteiger partial charge on any atom is -0.497 e. The van der Waals surface area contributed by atoms with E-state index in [4.69, 9.17) is 23.7 Å². The summed E-state index contributed by atoms with van der Waals surface area (Å²) in [5, 5.41) is 0. The molecule has 9 nitrogen and oxygen atoms in total. The fraction of sp³-hybridized carbons (Fsp3) is 0.143. The second-order valence-electron chi connectivity index (χ2n) is 19.3. The van der Waals surface area contributed by atoms with Crippen LogP contribution in [0.5, 0.6) is 11.5 Å². The molecule has 396 valence electrons. The number of rotatable bonds is 20. The Morgan fingerprint density at radius 2 is 0.658 bits per heavy atom. The van der Waals surface area contributed by atoms with Crippen molar-refractivity contribution in [3.05, 3.63) is 274 Å². The zero-order valence-electron chi connectivity index (χ0n) is 45.5. The van der Waals surface area contributed by atoms with Crippen molar-refractivity contribution >= 4 is 69.5 Å². The predicted molar refractivity (Wildman–Crippen MR) is 320 cm³/mol. The summed E-state index contributed by atoms with van der Waals surface area (Å²) in [4.78, 5) is 28.2. The van der Waals surface area contributed by atoms with E-state index in [2.05, 4.69) is 232 Å². The smallest absolute Gasteiger partial charge is 0.497 e. The molecule has 0 unspecified atom stereocenters. The lowest BCUT2D eigenvalue weighted by molar-refractivity contribution is -0.142. The first kappa shape index (κ1) is 54.4. The van der Waals surface area contributed by atoms with Gasteiger partial charge in [-0.15, -0.1) is 0 Å². The van der Waals surface area contributed by atoms with Gasteiger partial charge in [0.2, 0.25) is 0 Å². The highest BCUT2D eigenvalue weighted by molar-refractivity contribution is 5.95. The molecule has 0 heterocycles. The zero-order chi connectivity index (χ0) is 55.1. The Labute approximate surface area is 464 Å². The average molecular weight is 1050 g/mol. The van der Waals surface area contributed by atoms with Gasteiger partial charge in [-0.2, -0.15) is 0 Å². The van der Waals surface area contributed by atoms with E-state index in [1.54, 1.807) is 19.2 Å². The molecule has 0 aliphatic rings. The summed E-state index contributed by atoms with van der Waals surface area (Å²) in [6, 6.07) is 76.0. The van der Waals surface area contributed by atoms with Gasteiger partial charge in [-0.05, 0) is 181 Å². The third-order valence-corrected chi connectivity index (χ3v) is 13.3. The van der Waals surface area contributed by atoms with Crippen LogP contribution in [-0.2, 0) is 19.0 Å². The maximum Gasteiger partial charge on any atom is 0.513 e. The van der Waals surface area contributed by atoms with Gasteiger partial charge in [0.15, 0.2) is 0 Å². The molecule has 0 saturated heterocycles. The lowest BCUT2D eigenvalue weighted by Crippen LogP contribution is -2.16. The van der Waals surface area contributed by atoms with E-state index in [0.29, 0.717) is 5.75 Å². The molecule has 0 aromatic heterocycles. The maximum absolute atomic E-state index is 12.7. The van der Waals surface area contributed by atoms with E-state index in [0.717, 1.165) is 84.4 Å². The van der Waals surface area contributed by atoms with Gasteiger partial charge >= 0.3 is 12.1 Å². The van der Waals surface area contributed by atoms with Crippen LogP contribution < -0.4 is 19.3 Å². The SMILES string of the molecule is COc1ccc(/C(=C\c2ccc(N(c3ccc(C)cc3)c3ccc(C)cc3)cc2)c2ccc(/C(=C/c3ccc(N(c4ccc(C)cc4)c4ccc(C)cc4)cc3)c3ccc(OC(=O)OCCOCCOC(C)=O)cc3)cc2)cc1. The molecule has 0 amide bonds. The Morgan fingerprint density at radius 1 is 0.367 bits per heavy atom. The van der Waals surface area contributed by atoms with Crippen LogP contribution in [0, 0.1) is 27.7 Å². The van der Waals surface area contributed by atoms with Gasteiger partial charge in [0.25, 0.3) is 0 Å². The third-order valence-electron chi connectivity index (χ3n) is 13.3. The van der Waals surface area contributed by atoms with Crippen LogP contribution in [0.2, 0.25) is 0 Å². The molecule has 0 saturated carbocycles. The van der Waals surface area contributed by atoms with Crippen LogP contribution in [0.1, 0.15) is 62.6 Å². The summed E-state index contributed by atoms with van der Waals surface area (Å²) in [7, 11) is 1.68. The molecule has 9 heteroatoms. The molecule has 0 N–H and O–H groups in total. The molecule has 0 aliphatic heterocycles. The van der Waals surface area contributed by atoms with Crippen molar-refractivity contribution in [2.75, 3.05) is 43.3 Å². The number of carbonyl (C=O) groups excluding carboxylic acids is 2. The molecule has 0 fully saturated rings. The molecular formula is C70H64N2O7. The number of aryl methyl sites for hydroxylation is 4. The first-order chi connectivity index (χ1) is 38.5. The van der Waals surface area contributed by atoms with E-state index >= 15 is 0 Å². The van der Waals surface area contributed by atoms with Gasteiger partial charge in [-0.1, -0.05) is 144 Å². The molecule has 0 bridgehead atoms. The monoisotopic (exact) mass is 1040 g/mol.